The number of thiazole rings is 1. The van der Waals surface area contributed by atoms with Crippen LogP contribution in [0.15, 0.2) is 46.2 Å². The molecule has 0 saturated carbocycles. The second-order valence-electron chi connectivity index (χ2n) is 7.57. The normalized spacial score (nSPS) is 14.8. The molecule has 2 amide bonds. The molecule has 1 aliphatic rings. The van der Waals surface area contributed by atoms with Gasteiger partial charge in [0.15, 0.2) is 5.76 Å². The molecule has 0 bridgehead atoms. The van der Waals surface area contributed by atoms with Crippen LogP contribution < -0.4 is 5.32 Å². The van der Waals surface area contributed by atoms with Gasteiger partial charge < -0.3 is 14.6 Å². The summed E-state index contributed by atoms with van der Waals surface area (Å²) in [6.07, 6.45) is 1.63. The van der Waals surface area contributed by atoms with Crippen LogP contribution in [0.4, 0.5) is 5.00 Å². The molecule has 0 radical (unpaired) electrons. The van der Waals surface area contributed by atoms with Crippen LogP contribution in [0, 0.1) is 6.92 Å². The summed E-state index contributed by atoms with van der Waals surface area (Å²) in [7, 11) is 0. The fourth-order valence-electron chi connectivity index (χ4n) is 3.75. The zero-order chi connectivity index (χ0) is 21.4. The molecule has 0 unspecified atom stereocenters. The number of benzene rings is 1. The first-order chi connectivity index (χ1) is 15.1. The second kappa shape index (κ2) is 8.24. The Morgan fingerprint density at radius 1 is 1.19 bits per heavy atom. The smallest absolute Gasteiger partial charge is 0.289 e. The van der Waals surface area contributed by atoms with Gasteiger partial charge in [-0.3, -0.25) is 9.59 Å². The summed E-state index contributed by atoms with van der Waals surface area (Å²) in [5.41, 5.74) is 2.03. The first kappa shape index (κ1) is 19.9. The molecule has 1 fully saturated rings. The van der Waals surface area contributed by atoms with E-state index in [-0.39, 0.29) is 17.7 Å². The Labute approximate surface area is 186 Å². The van der Waals surface area contributed by atoms with Crippen molar-refractivity contribution in [2.45, 2.75) is 25.7 Å². The molecule has 9 heteroatoms. The van der Waals surface area contributed by atoms with E-state index in [2.05, 4.69) is 14.7 Å². The number of hydrogen-bond donors (Lipinski definition) is 1. The molecule has 5 rings (SSSR count). The Kier molecular flexibility index (Phi) is 5.29. The van der Waals surface area contributed by atoms with Gasteiger partial charge in [0.1, 0.15) is 16.3 Å². The summed E-state index contributed by atoms with van der Waals surface area (Å²) in [4.78, 5) is 31.7. The van der Waals surface area contributed by atoms with Crippen molar-refractivity contribution in [3.05, 3.63) is 63.9 Å². The summed E-state index contributed by atoms with van der Waals surface area (Å²) < 4.78 is 9.89. The lowest BCUT2D eigenvalue weighted by atomic mass is 9.97. The SMILES string of the molecule is Cc1cc(NC(=O)c2csc(C3CCN(C(=O)c4cc5ccccc5o4)CC3)n2)sn1. The minimum absolute atomic E-state index is 0.0753. The van der Waals surface area contributed by atoms with Crippen molar-refractivity contribution in [1.29, 1.82) is 0 Å². The van der Waals surface area contributed by atoms with Crippen molar-refractivity contribution in [2.75, 3.05) is 18.4 Å². The number of carbonyl (C=O) groups is 2. The van der Waals surface area contributed by atoms with Gasteiger partial charge in [0.25, 0.3) is 11.8 Å². The van der Waals surface area contributed by atoms with Crippen LogP contribution in [0.3, 0.4) is 0 Å². The van der Waals surface area contributed by atoms with Gasteiger partial charge in [-0.05, 0) is 49.5 Å². The average Bonchev–Trinajstić information content (AvgIpc) is 3.53. The fraction of sp³-hybridized carbons (Fsp3) is 0.273. The lowest BCUT2D eigenvalue weighted by molar-refractivity contribution is 0.0683. The molecule has 1 aromatic carbocycles. The molecule has 1 N–H and O–H groups in total. The van der Waals surface area contributed by atoms with Crippen molar-refractivity contribution in [1.82, 2.24) is 14.3 Å². The summed E-state index contributed by atoms with van der Waals surface area (Å²) in [5.74, 6) is 0.334. The van der Waals surface area contributed by atoms with E-state index in [4.69, 9.17) is 4.42 Å². The van der Waals surface area contributed by atoms with Crippen LogP contribution in [-0.2, 0) is 0 Å². The highest BCUT2D eigenvalue weighted by molar-refractivity contribution is 7.10. The summed E-state index contributed by atoms with van der Waals surface area (Å²) in [6, 6.07) is 11.3. The second-order valence-corrected chi connectivity index (χ2v) is 9.27. The molecule has 158 valence electrons. The Hall–Kier alpha value is -3.04. The number of furan rings is 1. The number of fused-ring (bicyclic) bond motifs is 1. The summed E-state index contributed by atoms with van der Waals surface area (Å²) >= 11 is 2.76. The maximum Gasteiger partial charge on any atom is 0.289 e. The Morgan fingerprint density at radius 2 is 2.00 bits per heavy atom. The molecule has 1 aliphatic heterocycles. The van der Waals surface area contributed by atoms with E-state index in [1.54, 1.807) is 11.4 Å². The number of hydrogen-bond acceptors (Lipinski definition) is 7. The number of likely N-dealkylation sites (tertiary alicyclic amines) is 1. The number of aromatic nitrogens is 2. The number of nitrogens with one attached hydrogen (secondary N) is 1. The maximum absolute atomic E-state index is 12.8. The minimum Gasteiger partial charge on any atom is -0.451 e. The van der Waals surface area contributed by atoms with E-state index in [0.29, 0.717) is 24.5 Å². The number of aryl methyl sites for hydroxylation is 1. The first-order valence-electron chi connectivity index (χ1n) is 10.0. The molecule has 1 saturated heterocycles. The van der Waals surface area contributed by atoms with Gasteiger partial charge in [-0.2, -0.15) is 4.37 Å². The van der Waals surface area contributed by atoms with Crippen molar-refractivity contribution in [2.24, 2.45) is 0 Å². The number of amides is 2. The number of para-hydroxylation sites is 1. The molecular formula is C22H20N4O3S2. The van der Waals surface area contributed by atoms with E-state index in [9.17, 15) is 9.59 Å². The van der Waals surface area contributed by atoms with Crippen molar-refractivity contribution in [3.63, 3.8) is 0 Å². The topological polar surface area (TPSA) is 88.3 Å². The van der Waals surface area contributed by atoms with Crippen LogP contribution in [0.1, 0.15) is 50.5 Å². The zero-order valence-electron chi connectivity index (χ0n) is 16.8. The molecule has 4 heterocycles. The van der Waals surface area contributed by atoms with Crippen molar-refractivity contribution >= 4 is 50.7 Å². The monoisotopic (exact) mass is 452 g/mol. The predicted octanol–water partition coefficient (Wildman–Crippen LogP) is 4.93. The van der Waals surface area contributed by atoms with Gasteiger partial charge in [-0.15, -0.1) is 11.3 Å². The maximum atomic E-state index is 12.8. The third-order valence-corrected chi connectivity index (χ3v) is 7.19. The Morgan fingerprint density at radius 3 is 2.74 bits per heavy atom. The lowest BCUT2D eigenvalue weighted by Gasteiger charge is -2.30. The highest BCUT2D eigenvalue weighted by atomic mass is 32.1. The van der Waals surface area contributed by atoms with Crippen molar-refractivity contribution in [3.8, 4) is 0 Å². The lowest BCUT2D eigenvalue weighted by Crippen LogP contribution is -2.37. The quantitative estimate of drug-likeness (QED) is 0.474. The van der Waals surface area contributed by atoms with Crippen molar-refractivity contribution < 1.29 is 14.0 Å². The molecule has 0 aliphatic carbocycles. The number of nitrogens with zero attached hydrogens (tertiary/aromatic N) is 3. The molecule has 31 heavy (non-hydrogen) atoms. The van der Waals surface area contributed by atoms with Crippen LogP contribution >= 0.6 is 22.9 Å². The number of piperidine rings is 1. The van der Waals surface area contributed by atoms with Crippen LogP contribution in [0.25, 0.3) is 11.0 Å². The molecule has 0 spiro atoms. The van der Waals surface area contributed by atoms with Crippen LogP contribution in [0.5, 0.6) is 0 Å². The van der Waals surface area contributed by atoms with Gasteiger partial charge in [0, 0.05) is 29.8 Å². The van der Waals surface area contributed by atoms with Gasteiger partial charge in [0.2, 0.25) is 0 Å². The van der Waals surface area contributed by atoms with Crippen LogP contribution in [-0.4, -0.2) is 39.2 Å². The van der Waals surface area contributed by atoms with E-state index >= 15 is 0 Å². The standard InChI is InChI=1S/C22H20N4O3S2/c1-13-10-19(31-25-13)24-20(27)16-12-30-21(23-16)14-6-8-26(9-7-14)22(28)18-11-15-4-2-3-5-17(15)29-18/h2-5,10-12,14H,6-9H2,1H3,(H,24,27). The van der Waals surface area contributed by atoms with E-state index in [1.165, 1.54) is 22.9 Å². The van der Waals surface area contributed by atoms with E-state index in [0.717, 1.165) is 39.5 Å². The highest BCUT2D eigenvalue weighted by Gasteiger charge is 2.28. The minimum atomic E-state index is -0.219. The summed E-state index contributed by atoms with van der Waals surface area (Å²) in [5, 5.41) is 7.24. The summed E-state index contributed by atoms with van der Waals surface area (Å²) in [6.45, 7) is 3.17. The number of carbonyl (C=O) groups excluding carboxylic acids is 2. The molecule has 7 nitrogen and oxygen atoms in total. The molecule has 4 aromatic rings. The predicted molar refractivity (Wildman–Crippen MR) is 121 cm³/mol. The largest absolute Gasteiger partial charge is 0.451 e. The number of anilines is 1. The fourth-order valence-corrected chi connectivity index (χ4v) is 5.38. The van der Waals surface area contributed by atoms with E-state index in [1.807, 2.05) is 42.2 Å². The first-order valence-corrected chi connectivity index (χ1v) is 11.7. The van der Waals surface area contributed by atoms with Crippen LogP contribution in [0.2, 0.25) is 0 Å². The van der Waals surface area contributed by atoms with Gasteiger partial charge in [-0.1, -0.05) is 18.2 Å². The number of rotatable bonds is 4. The van der Waals surface area contributed by atoms with E-state index < -0.39 is 0 Å². The molecule has 0 atom stereocenters. The highest BCUT2D eigenvalue weighted by Crippen LogP contribution is 2.31. The zero-order valence-corrected chi connectivity index (χ0v) is 18.5. The van der Waals surface area contributed by atoms with Gasteiger partial charge in [0.05, 0.1) is 10.7 Å². The Balaban J connectivity index is 1.20. The average molecular weight is 453 g/mol. The van der Waals surface area contributed by atoms with Gasteiger partial charge in [-0.25, -0.2) is 4.98 Å². The third kappa shape index (κ3) is 4.11. The molecule has 3 aromatic heterocycles. The van der Waals surface area contributed by atoms with Gasteiger partial charge >= 0.3 is 0 Å². The Bertz CT molecular complexity index is 1220. The third-order valence-electron chi connectivity index (χ3n) is 5.39. The molecular weight excluding hydrogens is 432 g/mol.